The first kappa shape index (κ1) is 16.9. The number of amides is 2. The van der Waals surface area contributed by atoms with Gasteiger partial charge in [0.2, 0.25) is 5.91 Å². The fraction of sp³-hybridized carbons (Fsp3) is 0.222. The van der Waals surface area contributed by atoms with E-state index >= 15 is 0 Å². The second-order valence-corrected chi connectivity index (χ2v) is 5.81. The highest BCUT2D eigenvalue weighted by Crippen LogP contribution is 2.34. The third kappa shape index (κ3) is 3.45. The minimum Gasteiger partial charge on any atom is -0.479 e. The van der Waals surface area contributed by atoms with Gasteiger partial charge in [-0.2, -0.15) is 0 Å². The highest BCUT2D eigenvalue weighted by Gasteiger charge is 2.29. The van der Waals surface area contributed by atoms with Crippen LogP contribution < -0.4 is 15.0 Å². The van der Waals surface area contributed by atoms with E-state index in [2.05, 4.69) is 5.32 Å². The molecule has 7 heteroatoms. The molecule has 1 heterocycles. The fourth-order valence-electron chi connectivity index (χ4n) is 2.63. The topological polar surface area (TPSA) is 58.6 Å². The Balaban J connectivity index is 1.74. The van der Waals surface area contributed by atoms with Gasteiger partial charge in [0.25, 0.3) is 5.91 Å². The Bertz CT molecular complexity index is 854. The van der Waals surface area contributed by atoms with E-state index in [1.165, 1.54) is 11.0 Å². The Morgan fingerprint density at radius 2 is 1.96 bits per heavy atom. The molecule has 0 saturated heterocycles. The molecule has 5 nitrogen and oxygen atoms in total. The number of hydrogen-bond acceptors (Lipinski definition) is 3. The second-order valence-electron chi connectivity index (χ2n) is 5.81. The lowest BCUT2D eigenvalue weighted by molar-refractivity contribution is -0.125. The van der Waals surface area contributed by atoms with Gasteiger partial charge in [0, 0.05) is 18.8 Å². The van der Waals surface area contributed by atoms with Crippen LogP contribution in [-0.4, -0.2) is 25.0 Å². The van der Waals surface area contributed by atoms with Crippen LogP contribution in [0.1, 0.15) is 12.5 Å². The van der Waals surface area contributed by atoms with Gasteiger partial charge >= 0.3 is 0 Å². The summed E-state index contributed by atoms with van der Waals surface area (Å²) in [7, 11) is 1.64. The third-order valence-electron chi connectivity index (χ3n) is 3.93. The van der Waals surface area contributed by atoms with Gasteiger partial charge in [-0.1, -0.05) is 6.07 Å². The smallest absolute Gasteiger partial charge is 0.267 e. The van der Waals surface area contributed by atoms with E-state index in [-0.39, 0.29) is 23.9 Å². The lowest BCUT2D eigenvalue weighted by Gasteiger charge is -2.30. The molecule has 1 aliphatic rings. The molecule has 3 rings (SSSR count). The zero-order valence-corrected chi connectivity index (χ0v) is 13.7. The van der Waals surface area contributed by atoms with Crippen LogP contribution in [0.15, 0.2) is 36.4 Å². The molecule has 1 atom stereocenters. The maximum atomic E-state index is 13.2. The van der Waals surface area contributed by atoms with Crippen molar-refractivity contribution in [1.82, 2.24) is 0 Å². The van der Waals surface area contributed by atoms with Crippen LogP contribution in [0, 0.1) is 11.6 Å². The number of likely N-dealkylation sites (N-methyl/N-ethyl adjacent to an activating group) is 1. The SMILES string of the molecule is CC1Oc2ccc(CC(=O)Nc3ccc(F)c(F)c3)cc2N(C)C1=O. The van der Waals surface area contributed by atoms with Crippen molar-refractivity contribution in [3.63, 3.8) is 0 Å². The van der Waals surface area contributed by atoms with Gasteiger partial charge < -0.3 is 15.0 Å². The Kier molecular flexibility index (Phi) is 4.39. The average Bonchev–Trinajstić information content (AvgIpc) is 2.57. The number of hydrogen-bond donors (Lipinski definition) is 1. The number of anilines is 2. The lowest BCUT2D eigenvalue weighted by Crippen LogP contribution is -2.42. The van der Waals surface area contributed by atoms with Crippen LogP contribution in [0.2, 0.25) is 0 Å². The summed E-state index contributed by atoms with van der Waals surface area (Å²) in [5.41, 5.74) is 1.42. The largest absolute Gasteiger partial charge is 0.479 e. The number of carbonyl (C=O) groups excluding carboxylic acids is 2. The van der Waals surface area contributed by atoms with Gasteiger partial charge in [0.15, 0.2) is 17.7 Å². The predicted octanol–water partition coefficient (Wildman–Crippen LogP) is 2.89. The number of nitrogens with zero attached hydrogens (tertiary/aromatic N) is 1. The van der Waals surface area contributed by atoms with Gasteiger partial charge in [-0.25, -0.2) is 8.78 Å². The summed E-state index contributed by atoms with van der Waals surface area (Å²) >= 11 is 0. The summed E-state index contributed by atoms with van der Waals surface area (Å²) in [6, 6.07) is 8.27. The van der Waals surface area contributed by atoms with Crippen molar-refractivity contribution < 1.29 is 23.1 Å². The van der Waals surface area contributed by atoms with Crippen LogP contribution in [0.25, 0.3) is 0 Å². The van der Waals surface area contributed by atoms with E-state index in [4.69, 9.17) is 4.74 Å². The summed E-state index contributed by atoms with van der Waals surface area (Å²) in [4.78, 5) is 25.6. The number of halogens is 2. The zero-order chi connectivity index (χ0) is 18.1. The molecule has 1 N–H and O–H groups in total. The fourth-order valence-corrected chi connectivity index (χ4v) is 2.63. The Labute approximate surface area is 143 Å². The molecule has 0 saturated carbocycles. The summed E-state index contributed by atoms with van der Waals surface area (Å²) in [5.74, 6) is -1.99. The highest BCUT2D eigenvalue weighted by molar-refractivity contribution is 5.99. The molecule has 0 fully saturated rings. The van der Waals surface area contributed by atoms with Crippen LogP contribution in [0.4, 0.5) is 20.2 Å². The molecule has 1 aliphatic heterocycles. The Hall–Kier alpha value is -2.96. The molecule has 0 bridgehead atoms. The van der Waals surface area contributed by atoms with E-state index in [1.54, 1.807) is 32.2 Å². The van der Waals surface area contributed by atoms with E-state index in [0.29, 0.717) is 17.0 Å². The van der Waals surface area contributed by atoms with E-state index in [1.807, 2.05) is 0 Å². The van der Waals surface area contributed by atoms with Crippen LogP contribution in [-0.2, 0) is 16.0 Å². The highest BCUT2D eigenvalue weighted by atomic mass is 19.2. The van der Waals surface area contributed by atoms with Crippen molar-refractivity contribution in [2.45, 2.75) is 19.4 Å². The van der Waals surface area contributed by atoms with Gasteiger partial charge in [-0.3, -0.25) is 9.59 Å². The molecule has 0 aromatic heterocycles. The van der Waals surface area contributed by atoms with Crippen molar-refractivity contribution in [3.05, 3.63) is 53.6 Å². The molecular formula is C18H16F2N2O3. The minimum atomic E-state index is -1.03. The molecule has 0 aliphatic carbocycles. The van der Waals surface area contributed by atoms with Gasteiger partial charge in [-0.05, 0) is 36.8 Å². The van der Waals surface area contributed by atoms with E-state index in [9.17, 15) is 18.4 Å². The monoisotopic (exact) mass is 346 g/mol. The molecule has 130 valence electrons. The predicted molar refractivity (Wildman–Crippen MR) is 88.6 cm³/mol. The van der Waals surface area contributed by atoms with E-state index < -0.39 is 17.7 Å². The Morgan fingerprint density at radius 1 is 1.20 bits per heavy atom. The minimum absolute atomic E-state index is 0.0177. The second kappa shape index (κ2) is 6.51. The molecule has 2 aromatic rings. The summed E-state index contributed by atoms with van der Waals surface area (Å²) in [6.07, 6.45) is -0.538. The van der Waals surface area contributed by atoms with Crippen LogP contribution in [0.3, 0.4) is 0 Å². The third-order valence-corrected chi connectivity index (χ3v) is 3.93. The van der Waals surface area contributed by atoms with Crippen molar-refractivity contribution in [1.29, 1.82) is 0 Å². The number of rotatable bonds is 3. The van der Waals surface area contributed by atoms with Crippen LogP contribution >= 0.6 is 0 Å². The van der Waals surface area contributed by atoms with Crippen molar-refractivity contribution in [3.8, 4) is 5.75 Å². The molecule has 25 heavy (non-hydrogen) atoms. The quantitative estimate of drug-likeness (QED) is 0.930. The van der Waals surface area contributed by atoms with Gasteiger partial charge in [0.05, 0.1) is 12.1 Å². The molecule has 2 aromatic carbocycles. The van der Waals surface area contributed by atoms with E-state index in [0.717, 1.165) is 12.1 Å². The van der Waals surface area contributed by atoms with Crippen molar-refractivity contribution in [2.75, 3.05) is 17.3 Å². The number of benzene rings is 2. The first-order chi connectivity index (χ1) is 11.8. The average molecular weight is 346 g/mol. The molecule has 0 radical (unpaired) electrons. The summed E-state index contributed by atoms with van der Waals surface area (Å²) < 4.78 is 31.6. The van der Waals surface area contributed by atoms with Crippen LogP contribution in [0.5, 0.6) is 5.75 Å². The Morgan fingerprint density at radius 3 is 2.68 bits per heavy atom. The molecule has 1 unspecified atom stereocenters. The molecule has 0 spiro atoms. The number of carbonyl (C=O) groups is 2. The normalized spacial score (nSPS) is 16.2. The standard InChI is InChI=1S/C18H16F2N2O3/c1-10-18(24)22(2)15-7-11(3-6-16(15)25-10)8-17(23)21-12-4-5-13(19)14(20)9-12/h3-7,9-10H,8H2,1-2H3,(H,21,23). The van der Waals surface area contributed by atoms with Gasteiger partial charge in [-0.15, -0.1) is 0 Å². The summed E-state index contributed by atoms with van der Waals surface area (Å²) in [5, 5.41) is 2.51. The molecule has 2 amide bonds. The number of fused-ring (bicyclic) bond motifs is 1. The summed E-state index contributed by atoms with van der Waals surface area (Å²) in [6.45, 7) is 1.67. The van der Waals surface area contributed by atoms with Crippen molar-refractivity contribution >= 4 is 23.2 Å². The zero-order valence-electron chi connectivity index (χ0n) is 13.7. The lowest BCUT2D eigenvalue weighted by atomic mass is 10.1. The number of nitrogens with one attached hydrogen (secondary N) is 1. The maximum Gasteiger partial charge on any atom is 0.267 e. The first-order valence-corrected chi connectivity index (χ1v) is 7.67. The van der Waals surface area contributed by atoms with Gasteiger partial charge in [0.1, 0.15) is 5.75 Å². The van der Waals surface area contributed by atoms with Crippen molar-refractivity contribution in [2.24, 2.45) is 0 Å². The number of ether oxygens (including phenoxy) is 1. The maximum absolute atomic E-state index is 13.2. The molecular weight excluding hydrogens is 330 g/mol. The first-order valence-electron chi connectivity index (χ1n) is 7.67.